The molecule has 1 aliphatic rings. The van der Waals surface area contributed by atoms with Crippen LogP contribution < -0.4 is 10.0 Å². The van der Waals surface area contributed by atoms with E-state index in [9.17, 15) is 8.42 Å². The summed E-state index contributed by atoms with van der Waals surface area (Å²) in [6.45, 7) is 2.52. The maximum atomic E-state index is 12.2. The molecule has 1 aromatic carbocycles. The quantitative estimate of drug-likeness (QED) is 0.889. The number of nitrogens with zero attached hydrogens (tertiary/aromatic N) is 1. The van der Waals surface area contributed by atoms with E-state index in [1.807, 2.05) is 6.92 Å². The Labute approximate surface area is 106 Å². The fourth-order valence-corrected chi connectivity index (χ4v) is 4.18. The van der Waals surface area contributed by atoms with Gasteiger partial charge >= 0.3 is 0 Å². The molecule has 17 heavy (non-hydrogen) atoms. The number of benzene rings is 1. The number of halogens is 1. The van der Waals surface area contributed by atoms with E-state index in [0.29, 0.717) is 23.7 Å². The molecular weight excluding hydrogens is 260 g/mol. The van der Waals surface area contributed by atoms with E-state index in [0.717, 1.165) is 5.56 Å². The first kappa shape index (κ1) is 12.7. The van der Waals surface area contributed by atoms with E-state index in [2.05, 4.69) is 0 Å². The second kappa shape index (κ2) is 4.48. The van der Waals surface area contributed by atoms with Crippen LogP contribution in [0.5, 0.6) is 0 Å². The van der Waals surface area contributed by atoms with Crippen molar-refractivity contribution < 1.29 is 8.42 Å². The molecule has 1 heterocycles. The minimum atomic E-state index is -3.30. The SMILES string of the molecule is Cc1cc(Cl)ccc1N1CC[C@H](CN)S1(=O)=O. The average Bonchev–Trinajstić information content (AvgIpc) is 2.54. The first-order valence-corrected chi connectivity index (χ1v) is 7.32. The average molecular weight is 275 g/mol. The number of anilines is 1. The van der Waals surface area contributed by atoms with Crippen molar-refractivity contribution in [1.29, 1.82) is 0 Å². The Bertz CT molecular complexity index is 530. The van der Waals surface area contributed by atoms with Crippen molar-refractivity contribution in [3.63, 3.8) is 0 Å². The summed E-state index contributed by atoms with van der Waals surface area (Å²) < 4.78 is 25.8. The lowest BCUT2D eigenvalue weighted by atomic mass is 10.2. The molecule has 94 valence electrons. The Morgan fingerprint density at radius 2 is 2.24 bits per heavy atom. The number of hydrogen-bond donors (Lipinski definition) is 1. The van der Waals surface area contributed by atoms with Crippen LogP contribution in [0, 0.1) is 6.92 Å². The van der Waals surface area contributed by atoms with Crippen LogP contribution in [-0.4, -0.2) is 26.8 Å². The Morgan fingerprint density at radius 3 is 2.76 bits per heavy atom. The normalized spacial score (nSPS) is 23.0. The van der Waals surface area contributed by atoms with Gasteiger partial charge in [-0.15, -0.1) is 0 Å². The third-order valence-corrected chi connectivity index (χ3v) is 5.57. The van der Waals surface area contributed by atoms with Crippen molar-refractivity contribution >= 4 is 27.3 Å². The standard InChI is InChI=1S/C11H15ClN2O2S/c1-8-6-9(12)2-3-11(8)14-5-4-10(7-13)17(14,15)16/h2-3,6,10H,4-5,7,13H2,1H3/t10-/m1/s1. The summed E-state index contributed by atoms with van der Waals surface area (Å²) in [7, 11) is -3.30. The molecule has 6 heteroatoms. The van der Waals surface area contributed by atoms with E-state index in [1.54, 1.807) is 18.2 Å². The lowest BCUT2D eigenvalue weighted by Crippen LogP contribution is -2.33. The topological polar surface area (TPSA) is 63.4 Å². The zero-order valence-corrected chi connectivity index (χ0v) is 11.1. The molecule has 0 aliphatic carbocycles. The minimum absolute atomic E-state index is 0.172. The number of hydrogen-bond acceptors (Lipinski definition) is 3. The number of rotatable bonds is 2. The van der Waals surface area contributed by atoms with Crippen LogP contribution in [0.1, 0.15) is 12.0 Å². The Kier molecular flexibility index (Phi) is 3.34. The van der Waals surface area contributed by atoms with E-state index in [-0.39, 0.29) is 6.54 Å². The predicted molar refractivity (Wildman–Crippen MR) is 69.9 cm³/mol. The Morgan fingerprint density at radius 1 is 1.53 bits per heavy atom. The monoisotopic (exact) mass is 274 g/mol. The van der Waals surface area contributed by atoms with Gasteiger partial charge in [0.2, 0.25) is 10.0 Å². The Hall–Kier alpha value is -0.780. The molecule has 1 atom stereocenters. The molecular formula is C11H15ClN2O2S. The highest BCUT2D eigenvalue weighted by atomic mass is 35.5. The molecule has 2 rings (SSSR count). The molecule has 4 nitrogen and oxygen atoms in total. The zero-order chi connectivity index (χ0) is 12.6. The van der Waals surface area contributed by atoms with Crippen molar-refractivity contribution in [3.8, 4) is 0 Å². The molecule has 1 fully saturated rings. The van der Waals surface area contributed by atoms with Gasteiger partial charge in [0.25, 0.3) is 0 Å². The van der Waals surface area contributed by atoms with Gasteiger partial charge in [0, 0.05) is 18.1 Å². The highest BCUT2D eigenvalue weighted by Gasteiger charge is 2.38. The number of nitrogens with two attached hydrogens (primary N) is 1. The van der Waals surface area contributed by atoms with Gasteiger partial charge in [-0.2, -0.15) is 0 Å². The molecule has 1 aliphatic heterocycles. The van der Waals surface area contributed by atoms with Gasteiger partial charge in [-0.05, 0) is 37.1 Å². The highest BCUT2D eigenvalue weighted by molar-refractivity contribution is 7.93. The molecule has 0 bridgehead atoms. The summed E-state index contributed by atoms with van der Waals surface area (Å²) >= 11 is 5.86. The largest absolute Gasteiger partial charge is 0.329 e. The van der Waals surface area contributed by atoms with Crippen molar-refractivity contribution in [2.45, 2.75) is 18.6 Å². The fourth-order valence-electron chi connectivity index (χ4n) is 2.11. The highest BCUT2D eigenvalue weighted by Crippen LogP contribution is 2.31. The maximum Gasteiger partial charge on any atom is 0.239 e. The third-order valence-electron chi connectivity index (χ3n) is 3.07. The van der Waals surface area contributed by atoms with Crippen LogP contribution in [0.2, 0.25) is 5.02 Å². The fraction of sp³-hybridized carbons (Fsp3) is 0.455. The first-order chi connectivity index (χ1) is 7.96. The van der Waals surface area contributed by atoms with Gasteiger partial charge in [-0.1, -0.05) is 11.6 Å². The van der Waals surface area contributed by atoms with Crippen molar-refractivity contribution in [2.24, 2.45) is 5.73 Å². The van der Waals surface area contributed by atoms with Gasteiger partial charge < -0.3 is 5.73 Å². The molecule has 0 spiro atoms. The third kappa shape index (κ3) is 2.14. The maximum absolute atomic E-state index is 12.2. The predicted octanol–water partition coefficient (Wildman–Crippen LogP) is 1.52. The molecule has 2 N–H and O–H groups in total. The van der Waals surface area contributed by atoms with E-state index in [4.69, 9.17) is 17.3 Å². The molecule has 0 amide bonds. The zero-order valence-electron chi connectivity index (χ0n) is 9.56. The minimum Gasteiger partial charge on any atom is -0.329 e. The summed E-state index contributed by atoms with van der Waals surface area (Å²) in [5.41, 5.74) is 7.04. The lowest BCUT2D eigenvalue weighted by molar-refractivity contribution is 0.588. The summed E-state index contributed by atoms with van der Waals surface area (Å²) in [5, 5.41) is 0.149. The van der Waals surface area contributed by atoms with E-state index in [1.165, 1.54) is 4.31 Å². The second-order valence-corrected chi connectivity index (χ2v) is 6.77. The summed E-state index contributed by atoms with van der Waals surface area (Å²) in [5.74, 6) is 0. The smallest absolute Gasteiger partial charge is 0.239 e. The summed E-state index contributed by atoms with van der Waals surface area (Å²) in [6, 6.07) is 5.21. The van der Waals surface area contributed by atoms with Crippen LogP contribution in [0.3, 0.4) is 0 Å². The van der Waals surface area contributed by atoms with Gasteiger partial charge in [0.05, 0.1) is 10.9 Å². The van der Waals surface area contributed by atoms with Gasteiger partial charge in [0.15, 0.2) is 0 Å². The molecule has 0 saturated carbocycles. The van der Waals surface area contributed by atoms with Crippen LogP contribution >= 0.6 is 11.6 Å². The molecule has 0 unspecified atom stereocenters. The molecule has 0 radical (unpaired) electrons. The van der Waals surface area contributed by atoms with E-state index >= 15 is 0 Å². The molecule has 0 aromatic heterocycles. The van der Waals surface area contributed by atoms with E-state index < -0.39 is 15.3 Å². The first-order valence-electron chi connectivity index (χ1n) is 5.44. The molecule has 1 saturated heterocycles. The number of aryl methyl sites for hydroxylation is 1. The van der Waals surface area contributed by atoms with Crippen molar-refractivity contribution in [3.05, 3.63) is 28.8 Å². The van der Waals surface area contributed by atoms with Crippen LogP contribution in [0.4, 0.5) is 5.69 Å². The lowest BCUT2D eigenvalue weighted by Gasteiger charge is -2.20. The second-order valence-electron chi connectivity index (χ2n) is 4.19. The Balaban J connectivity index is 2.42. The van der Waals surface area contributed by atoms with Gasteiger partial charge in [-0.25, -0.2) is 8.42 Å². The summed E-state index contributed by atoms with van der Waals surface area (Å²) in [6.07, 6.45) is 0.584. The van der Waals surface area contributed by atoms with Crippen LogP contribution in [-0.2, 0) is 10.0 Å². The summed E-state index contributed by atoms with van der Waals surface area (Å²) in [4.78, 5) is 0. The van der Waals surface area contributed by atoms with Crippen LogP contribution in [0.25, 0.3) is 0 Å². The van der Waals surface area contributed by atoms with Crippen molar-refractivity contribution in [2.75, 3.05) is 17.4 Å². The molecule has 1 aromatic rings. The van der Waals surface area contributed by atoms with Crippen LogP contribution in [0.15, 0.2) is 18.2 Å². The van der Waals surface area contributed by atoms with Gasteiger partial charge in [0.1, 0.15) is 0 Å². The van der Waals surface area contributed by atoms with Crippen molar-refractivity contribution in [1.82, 2.24) is 0 Å². The van der Waals surface area contributed by atoms with Gasteiger partial charge in [-0.3, -0.25) is 4.31 Å². The number of sulfonamides is 1.